The van der Waals surface area contributed by atoms with E-state index in [1.165, 1.54) is 16.5 Å². The third kappa shape index (κ3) is 5.92. The van der Waals surface area contributed by atoms with Crippen molar-refractivity contribution in [3.8, 4) is 44.8 Å². The molecule has 0 amide bonds. The lowest BCUT2D eigenvalue weighted by Crippen LogP contribution is -2.09. The van der Waals surface area contributed by atoms with E-state index in [4.69, 9.17) is 13.8 Å². The van der Waals surface area contributed by atoms with E-state index >= 15 is 0 Å². The van der Waals surface area contributed by atoms with Crippen LogP contribution >= 0.6 is 0 Å². The molecule has 9 aromatic carbocycles. The van der Waals surface area contributed by atoms with Gasteiger partial charge in [0.1, 0.15) is 16.7 Å². The minimum absolute atomic E-state index is 0.611. The zero-order chi connectivity index (χ0) is 37.7. The lowest BCUT2D eigenvalue weighted by molar-refractivity contribution is 0.620. The number of fused-ring (bicyclic) bond motifs is 5. The number of benzene rings is 9. The quantitative estimate of drug-likeness (QED) is 0.164. The van der Waals surface area contributed by atoms with E-state index < -0.39 is 0 Å². The van der Waals surface area contributed by atoms with E-state index in [-0.39, 0.29) is 0 Å². The molecule has 2 aromatic heterocycles. The number of oxazole rings is 1. The first-order valence-electron chi connectivity index (χ1n) is 19.2. The van der Waals surface area contributed by atoms with Crippen molar-refractivity contribution in [3.63, 3.8) is 0 Å². The van der Waals surface area contributed by atoms with E-state index in [2.05, 4.69) is 187 Å². The Bertz CT molecular complexity index is 3170. The standard InChI is InChI=1S/C53H34N2O2/c1-3-11-35(12-4-1)36-23-27-44(28-24-36)55(43-15-5-2-6-16-43)45-29-25-38(26-30-45)46-32-42(34-51-52(46)47-31-40-13-7-8-14-41(40)33-50(47)56-51)37-19-21-39(22-20-37)53-54-48-17-9-10-18-49(48)57-53/h1-34H. The number of rotatable bonds is 7. The van der Waals surface area contributed by atoms with E-state index in [1.807, 2.05) is 24.3 Å². The highest BCUT2D eigenvalue weighted by atomic mass is 16.3. The molecule has 11 rings (SSSR count). The van der Waals surface area contributed by atoms with Crippen molar-refractivity contribution in [2.45, 2.75) is 0 Å². The van der Waals surface area contributed by atoms with Crippen LogP contribution in [0.4, 0.5) is 17.1 Å². The maximum atomic E-state index is 6.70. The van der Waals surface area contributed by atoms with Gasteiger partial charge in [-0.3, -0.25) is 0 Å². The third-order valence-corrected chi connectivity index (χ3v) is 10.9. The summed E-state index contributed by atoms with van der Waals surface area (Å²) < 4.78 is 12.8. The minimum Gasteiger partial charge on any atom is -0.456 e. The van der Waals surface area contributed by atoms with Crippen molar-refractivity contribution < 1.29 is 8.83 Å². The fraction of sp³-hybridized carbons (Fsp3) is 0. The molecule has 0 aliphatic heterocycles. The Hall–Kier alpha value is -7.69. The second kappa shape index (κ2) is 13.6. The molecule has 0 saturated heterocycles. The Morgan fingerprint density at radius 2 is 0.895 bits per heavy atom. The van der Waals surface area contributed by atoms with Crippen LogP contribution in [0.2, 0.25) is 0 Å². The largest absolute Gasteiger partial charge is 0.456 e. The van der Waals surface area contributed by atoms with Crippen LogP contribution in [0.15, 0.2) is 215 Å². The third-order valence-electron chi connectivity index (χ3n) is 10.9. The average molecular weight is 731 g/mol. The fourth-order valence-corrected chi connectivity index (χ4v) is 8.03. The number of para-hydroxylation sites is 3. The van der Waals surface area contributed by atoms with Crippen molar-refractivity contribution in [2.75, 3.05) is 4.90 Å². The van der Waals surface area contributed by atoms with E-state index in [1.54, 1.807) is 0 Å². The number of aromatic nitrogens is 1. The van der Waals surface area contributed by atoms with Gasteiger partial charge >= 0.3 is 0 Å². The van der Waals surface area contributed by atoms with Gasteiger partial charge in [-0.05, 0) is 129 Å². The van der Waals surface area contributed by atoms with Gasteiger partial charge < -0.3 is 13.7 Å². The SMILES string of the molecule is c1ccc(-c2ccc(N(c3ccccc3)c3ccc(-c4cc(-c5ccc(-c6nc7ccccc7o6)cc5)cc5oc6cc7ccccc7cc6c45)cc3)cc2)cc1. The van der Waals surface area contributed by atoms with Crippen molar-refractivity contribution in [1.82, 2.24) is 4.98 Å². The molecule has 0 radical (unpaired) electrons. The van der Waals surface area contributed by atoms with Crippen molar-refractivity contribution >= 4 is 60.9 Å². The van der Waals surface area contributed by atoms with Crippen LogP contribution in [-0.2, 0) is 0 Å². The Balaban J connectivity index is 1.03. The molecule has 57 heavy (non-hydrogen) atoms. The highest BCUT2D eigenvalue weighted by Crippen LogP contribution is 2.43. The summed E-state index contributed by atoms with van der Waals surface area (Å²) in [6.07, 6.45) is 0. The highest BCUT2D eigenvalue weighted by Gasteiger charge is 2.18. The molecule has 0 saturated carbocycles. The van der Waals surface area contributed by atoms with Crippen LogP contribution in [0.5, 0.6) is 0 Å². The summed E-state index contributed by atoms with van der Waals surface area (Å²) in [5.41, 5.74) is 14.3. The molecule has 0 N–H and O–H groups in total. The van der Waals surface area contributed by atoms with E-state index in [0.717, 1.165) is 83.3 Å². The summed E-state index contributed by atoms with van der Waals surface area (Å²) in [5, 5.41) is 4.55. The van der Waals surface area contributed by atoms with Crippen LogP contribution < -0.4 is 4.90 Å². The molecule has 0 bridgehead atoms. The predicted molar refractivity (Wildman–Crippen MR) is 235 cm³/mol. The molecule has 0 unspecified atom stereocenters. The Kier molecular flexibility index (Phi) is 7.78. The highest BCUT2D eigenvalue weighted by molar-refractivity contribution is 6.16. The molecule has 0 spiro atoms. The van der Waals surface area contributed by atoms with Gasteiger partial charge in [-0.15, -0.1) is 0 Å². The molecular weight excluding hydrogens is 697 g/mol. The molecule has 0 fully saturated rings. The van der Waals surface area contributed by atoms with Crippen LogP contribution in [0, 0.1) is 0 Å². The zero-order valence-electron chi connectivity index (χ0n) is 30.8. The van der Waals surface area contributed by atoms with E-state index in [0.29, 0.717) is 5.89 Å². The fourth-order valence-electron chi connectivity index (χ4n) is 8.03. The second-order valence-electron chi connectivity index (χ2n) is 14.4. The van der Waals surface area contributed by atoms with Gasteiger partial charge in [0.15, 0.2) is 5.58 Å². The first kappa shape index (κ1) is 32.7. The monoisotopic (exact) mass is 730 g/mol. The summed E-state index contributed by atoms with van der Waals surface area (Å²) in [5.74, 6) is 0.611. The van der Waals surface area contributed by atoms with Crippen LogP contribution in [0.1, 0.15) is 0 Å². The van der Waals surface area contributed by atoms with Gasteiger partial charge in [0.05, 0.1) is 0 Å². The smallest absolute Gasteiger partial charge is 0.227 e. The number of nitrogens with zero attached hydrogens (tertiary/aromatic N) is 2. The van der Waals surface area contributed by atoms with Crippen molar-refractivity contribution in [3.05, 3.63) is 206 Å². The molecule has 0 aliphatic rings. The molecule has 11 aromatic rings. The Morgan fingerprint density at radius 3 is 1.61 bits per heavy atom. The minimum atomic E-state index is 0.611. The number of hydrogen-bond acceptors (Lipinski definition) is 4. The van der Waals surface area contributed by atoms with Crippen LogP contribution in [-0.4, -0.2) is 4.98 Å². The summed E-state index contributed by atoms with van der Waals surface area (Å²) >= 11 is 0. The van der Waals surface area contributed by atoms with Gasteiger partial charge in [-0.25, -0.2) is 4.98 Å². The maximum Gasteiger partial charge on any atom is 0.227 e. The normalized spacial score (nSPS) is 11.5. The lowest BCUT2D eigenvalue weighted by Gasteiger charge is -2.26. The van der Waals surface area contributed by atoms with Gasteiger partial charge in [-0.1, -0.05) is 121 Å². The van der Waals surface area contributed by atoms with Crippen molar-refractivity contribution in [1.29, 1.82) is 0 Å². The second-order valence-corrected chi connectivity index (χ2v) is 14.4. The average Bonchev–Trinajstić information content (AvgIpc) is 3.88. The van der Waals surface area contributed by atoms with Gasteiger partial charge in [0, 0.05) is 33.4 Å². The first-order chi connectivity index (χ1) is 28.2. The van der Waals surface area contributed by atoms with Gasteiger partial charge in [-0.2, -0.15) is 0 Å². The molecule has 4 nitrogen and oxygen atoms in total. The molecule has 2 heterocycles. The summed E-state index contributed by atoms with van der Waals surface area (Å²) in [7, 11) is 0. The number of furan rings is 1. The van der Waals surface area contributed by atoms with Crippen LogP contribution in [0.25, 0.3) is 88.6 Å². The summed E-state index contributed by atoms with van der Waals surface area (Å²) in [6.45, 7) is 0. The first-order valence-corrected chi connectivity index (χ1v) is 19.2. The molecule has 0 aliphatic carbocycles. The van der Waals surface area contributed by atoms with Gasteiger partial charge in [0.2, 0.25) is 5.89 Å². The molecule has 4 heteroatoms. The molecule has 268 valence electrons. The summed E-state index contributed by atoms with van der Waals surface area (Å²) in [6, 6.07) is 72.4. The Labute approximate surface area is 329 Å². The predicted octanol–water partition coefficient (Wildman–Crippen LogP) is 15.0. The Morgan fingerprint density at radius 1 is 0.351 bits per heavy atom. The number of anilines is 3. The number of hydrogen-bond donors (Lipinski definition) is 0. The molecule has 0 atom stereocenters. The summed E-state index contributed by atoms with van der Waals surface area (Å²) in [4.78, 5) is 7.02. The van der Waals surface area contributed by atoms with Crippen LogP contribution in [0.3, 0.4) is 0 Å². The lowest BCUT2D eigenvalue weighted by atomic mass is 9.93. The molecular formula is C53H34N2O2. The van der Waals surface area contributed by atoms with Crippen molar-refractivity contribution in [2.24, 2.45) is 0 Å². The topological polar surface area (TPSA) is 42.4 Å². The maximum absolute atomic E-state index is 6.70. The van der Waals surface area contributed by atoms with Gasteiger partial charge in [0.25, 0.3) is 0 Å². The van der Waals surface area contributed by atoms with E-state index in [9.17, 15) is 0 Å². The zero-order valence-corrected chi connectivity index (χ0v) is 30.8.